The van der Waals surface area contributed by atoms with Gasteiger partial charge in [0.1, 0.15) is 5.82 Å². The molecule has 0 aromatic heterocycles. The molecule has 3 rings (SSSR count). The molecule has 2 unspecified atom stereocenters. The highest BCUT2D eigenvalue weighted by Crippen LogP contribution is 2.36. The number of amides is 1. The SMILES string of the molecule is O=C(NCC(O)c1cccc(F)c1)C1Cc2ccccc2S1. The molecule has 114 valence electrons. The van der Waals surface area contributed by atoms with Gasteiger partial charge in [-0.05, 0) is 35.7 Å². The van der Waals surface area contributed by atoms with E-state index in [-0.39, 0.29) is 17.7 Å². The number of fused-ring (bicyclic) bond motifs is 1. The Balaban J connectivity index is 1.55. The first kappa shape index (κ1) is 15.1. The van der Waals surface area contributed by atoms with E-state index >= 15 is 0 Å². The Hall–Kier alpha value is -1.85. The molecule has 22 heavy (non-hydrogen) atoms. The molecule has 1 aliphatic heterocycles. The van der Waals surface area contributed by atoms with Crippen LogP contribution in [0.25, 0.3) is 0 Å². The number of carbonyl (C=O) groups excluding carboxylic acids is 1. The van der Waals surface area contributed by atoms with Crippen molar-refractivity contribution < 1.29 is 14.3 Å². The molecule has 0 radical (unpaired) electrons. The highest BCUT2D eigenvalue weighted by atomic mass is 32.2. The zero-order valence-corrected chi connectivity index (χ0v) is 12.6. The summed E-state index contributed by atoms with van der Waals surface area (Å²) in [6.07, 6.45) is -0.212. The summed E-state index contributed by atoms with van der Waals surface area (Å²) in [6.45, 7) is 0.0791. The molecule has 2 aromatic carbocycles. The van der Waals surface area contributed by atoms with Crippen LogP contribution < -0.4 is 5.32 Å². The number of benzene rings is 2. The van der Waals surface area contributed by atoms with E-state index in [9.17, 15) is 14.3 Å². The summed E-state index contributed by atoms with van der Waals surface area (Å²) in [4.78, 5) is 13.3. The Kier molecular flexibility index (Phi) is 4.45. The van der Waals surface area contributed by atoms with Gasteiger partial charge in [0.15, 0.2) is 0 Å². The number of nitrogens with one attached hydrogen (secondary N) is 1. The zero-order valence-electron chi connectivity index (χ0n) is 11.8. The van der Waals surface area contributed by atoms with Crippen molar-refractivity contribution >= 4 is 17.7 Å². The van der Waals surface area contributed by atoms with Gasteiger partial charge in [0, 0.05) is 11.4 Å². The van der Waals surface area contributed by atoms with Gasteiger partial charge in [0.05, 0.1) is 11.4 Å². The number of rotatable bonds is 4. The summed E-state index contributed by atoms with van der Waals surface area (Å²) in [5.74, 6) is -0.499. The fourth-order valence-electron chi connectivity index (χ4n) is 2.47. The van der Waals surface area contributed by atoms with Crippen molar-refractivity contribution in [3.63, 3.8) is 0 Å². The first-order chi connectivity index (χ1) is 10.6. The Morgan fingerprint density at radius 1 is 1.32 bits per heavy atom. The van der Waals surface area contributed by atoms with Crippen LogP contribution in [0.5, 0.6) is 0 Å². The predicted octanol–water partition coefficient (Wildman–Crippen LogP) is 2.69. The summed E-state index contributed by atoms with van der Waals surface area (Å²) in [5.41, 5.74) is 1.64. The molecule has 1 amide bonds. The standard InChI is InChI=1S/C17H16FNO2S/c18-13-6-3-5-11(8-13)14(20)10-19-17(21)16-9-12-4-1-2-7-15(12)22-16/h1-8,14,16,20H,9-10H2,(H,19,21). The highest BCUT2D eigenvalue weighted by Gasteiger charge is 2.28. The maximum absolute atomic E-state index is 13.1. The van der Waals surface area contributed by atoms with Crippen LogP contribution >= 0.6 is 11.8 Å². The van der Waals surface area contributed by atoms with E-state index in [1.165, 1.54) is 17.7 Å². The minimum Gasteiger partial charge on any atom is -0.387 e. The molecular weight excluding hydrogens is 301 g/mol. The number of thioether (sulfide) groups is 1. The van der Waals surface area contributed by atoms with Gasteiger partial charge in [0.25, 0.3) is 0 Å². The van der Waals surface area contributed by atoms with Gasteiger partial charge >= 0.3 is 0 Å². The molecule has 0 aliphatic carbocycles. The third kappa shape index (κ3) is 3.31. The monoisotopic (exact) mass is 317 g/mol. The molecule has 2 atom stereocenters. The van der Waals surface area contributed by atoms with Crippen LogP contribution in [0.15, 0.2) is 53.4 Å². The van der Waals surface area contributed by atoms with Crippen molar-refractivity contribution in [1.82, 2.24) is 5.32 Å². The number of aliphatic hydroxyl groups excluding tert-OH is 1. The predicted molar refractivity (Wildman–Crippen MR) is 84.2 cm³/mol. The smallest absolute Gasteiger partial charge is 0.233 e. The van der Waals surface area contributed by atoms with Crippen molar-refractivity contribution in [1.29, 1.82) is 0 Å². The first-order valence-corrected chi connectivity index (χ1v) is 7.97. The van der Waals surface area contributed by atoms with E-state index in [4.69, 9.17) is 0 Å². The summed E-state index contributed by atoms with van der Waals surface area (Å²) >= 11 is 1.54. The van der Waals surface area contributed by atoms with Crippen molar-refractivity contribution in [3.05, 3.63) is 65.5 Å². The average molecular weight is 317 g/mol. The molecule has 1 aliphatic rings. The molecule has 0 saturated carbocycles. The van der Waals surface area contributed by atoms with Crippen LogP contribution in [-0.4, -0.2) is 22.8 Å². The number of carbonyl (C=O) groups is 1. The normalized spacial score (nSPS) is 17.8. The summed E-state index contributed by atoms with van der Waals surface area (Å²) in [5, 5.41) is 12.6. The van der Waals surface area contributed by atoms with Gasteiger partial charge in [0.2, 0.25) is 5.91 Å². The van der Waals surface area contributed by atoms with Crippen molar-refractivity contribution in [2.45, 2.75) is 22.7 Å². The molecule has 5 heteroatoms. The van der Waals surface area contributed by atoms with E-state index in [1.54, 1.807) is 23.9 Å². The first-order valence-electron chi connectivity index (χ1n) is 7.09. The highest BCUT2D eigenvalue weighted by molar-refractivity contribution is 8.01. The lowest BCUT2D eigenvalue weighted by molar-refractivity contribution is -0.121. The van der Waals surface area contributed by atoms with Crippen LogP contribution in [0.1, 0.15) is 17.2 Å². The molecule has 0 saturated heterocycles. The minimum atomic E-state index is -0.909. The summed E-state index contributed by atoms with van der Waals surface area (Å²) in [7, 11) is 0. The molecular formula is C17H16FNO2S. The lowest BCUT2D eigenvalue weighted by Crippen LogP contribution is -2.35. The second-order valence-corrected chi connectivity index (χ2v) is 6.48. The van der Waals surface area contributed by atoms with E-state index in [1.807, 2.05) is 24.3 Å². The van der Waals surface area contributed by atoms with E-state index in [0.717, 1.165) is 4.90 Å². The van der Waals surface area contributed by atoms with Crippen LogP contribution in [0, 0.1) is 5.82 Å². The second kappa shape index (κ2) is 6.50. The second-order valence-electron chi connectivity index (χ2n) is 5.23. The number of hydrogen-bond acceptors (Lipinski definition) is 3. The van der Waals surface area contributed by atoms with Gasteiger partial charge in [-0.2, -0.15) is 0 Å². The number of halogens is 1. The lowest BCUT2D eigenvalue weighted by Gasteiger charge is -2.14. The van der Waals surface area contributed by atoms with Gasteiger partial charge in [-0.15, -0.1) is 11.8 Å². The van der Waals surface area contributed by atoms with Gasteiger partial charge < -0.3 is 10.4 Å². The largest absolute Gasteiger partial charge is 0.387 e. The van der Waals surface area contributed by atoms with Gasteiger partial charge in [-0.3, -0.25) is 4.79 Å². The fraction of sp³-hybridized carbons (Fsp3) is 0.235. The number of hydrogen-bond donors (Lipinski definition) is 2. The fourth-order valence-corrected chi connectivity index (χ4v) is 3.69. The average Bonchev–Trinajstić information content (AvgIpc) is 2.96. The quantitative estimate of drug-likeness (QED) is 0.911. The van der Waals surface area contributed by atoms with Crippen LogP contribution in [0.4, 0.5) is 4.39 Å². The van der Waals surface area contributed by atoms with Crippen LogP contribution in [0.3, 0.4) is 0 Å². The Morgan fingerprint density at radius 2 is 2.14 bits per heavy atom. The Morgan fingerprint density at radius 3 is 2.91 bits per heavy atom. The molecule has 3 nitrogen and oxygen atoms in total. The molecule has 0 bridgehead atoms. The molecule has 2 aromatic rings. The minimum absolute atomic E-state index is 0.0791. The van der Waals surface area contributed by atoms with Crippen LogP contribution in [0.2, 0.25) is 0 Å². The molecule has 0 spiro atoms. The van der Waals surface area contributed by atoms with Crippen molar-refractivity contribution in [3.8, 4) is 0 Å². The maximum Gasteiger partial charge on any atom is 0.233 e. The van der Waals surface area contributed by atoms with Crippen LogP contribution in [-0.2, 0) is 11.2 Å². The van der Waals surface area contributed by atoms with Crippen molar-refractivity contribution in [2.24, 2.45) is 0 Å². The Labute approximate surface area is 132 Å². The summed E-state index contributed by atoms with van der Waals surface area (Å²) < 4.78 is 13.1. The third-order valence-electron chi connectivity index (χ3n) is 3.64. The molecule has 1 heterocycles. The van der Waals surface area contributed by atoms with Gasteiger partial charge in [-0.25, -0.2) is 4.39 Å². The van der Waals surface area contributed by atoms with Crippen molar-refractivity contribution in [2.75, 3.05) is 6.54 Å². The third-order valence-corrected chi connectivity index (χ3v) is 4.96. The molecule has 2 N–H and O–H groups in total. The molecule has 0 fully saturated rings. The van der Waals surface area contributed by atoms with E-state index < -0.39 is 11.9 Å². The topological polar surface area (TPSA) is 49.3 Å². The van der Waals surface area contributed by atoms with E-state index in [2.05, 4.69) is 5.32 Å². The van der Waals surface area contributed by atoms with Gasteiger partial charge in [-0.1, -0.05) is 30.3 Å². The number of aliphatic hydroxyl groups is 1. The Bertz CT molecular complexity index is 667. The van der Waals surface area contributed by atoms with E-state index in [0.29, 0.717) is 12.0 Å². The lowest BCUT2D eigenvalue weighted by atomic mass is 10.1. The zero-order chi connectivity index (χ0) is 15.5. The summed E-state index contributed by atoms with van der Waals surface area (Å²) in [6, 6.07) is 13.7. The maximum atomic E-state index is 13.1.